The molecule has 2 heterocycles. The van der Waals surface area contributed by atoms with E-state index in [1.807, 2.05) is 0 Å². The Hall–Kier alpha value is -0.760. The van der Waals surface area contributed by atoms with Crippen molar-refractivity contribution >= 4 is 0 Å². The van der Waals surface area contributed by atoms with Crippen molar-refractivity contribution in [3.05, 3.63) is 23.7 Å². The van der Waals surface area contributed by atoms with Crippen molar-refractivity contribution in [2.24, 2.45) is 11.8 Å². The molecular formula is C13H19NO. The highest BCUT2D eigenvalue weighted by Gasteiger charge is 2.40. The van der Waals surface area contributed by atoms with Crippen molar-refractivity contribution in [1.29, 1.82) is 0 Å². The minimum absolute atomic E-state index is 0.498. The van der Waals surface area contributed by atoms with Gasteiger partial charge < -0.3 is 9.73 Å². The van der Waals surface area contributed by atoms with E-state index in [0.717, 1.165) is 24.0 Å². The third-order valence-corrected chi connectivity index (χ3v) is 4.08. The van der Waals surface area contributed by atoms with Crippen LogP contribution in [0.2, 0.25) is 0 Å². The van der Waals surface area contributed by atoms with E-state index >= 15 is 0 Å². The zero-order valence-electron chi connectivity index (χ0n) is 9.33. The molecule has 1 aromatic heterocycles. The van der Waals surface area contributed by atoms with Gasteiger partial charge in [-0.25, -0.2) is 0 Å². The summed E-state index contributed by atoms with van der Waals surface area (Å²) in [5.74, 6) is 4.03. The van der Waals surface area contributed by atoms with Crippen LogP contribution in [0.3, 0.4) is 0 Å². The lowest BCUT2D eigenvalue weighted by atomic mass is 9.93. The summed E-state index contributed by atoms with van der Waals surface area (Å²) in [6.45, 7) is 3.33. The van der Waals surface area contributed by atoms with Crippen LogP contribution in [0.4, 0.5) is 0 Å². The van der Waals surface area contributed by atoms with Gasteiger partial charge >= 0.3 is 0 Å². The van der Waals surface area contributed by atoms with Crippen molar-refractivity contribution in [2.45, 2.75) is 38.6 Å². The van der Waals surface area contributed by atoms with Crippen LogP contribution in [0.25, 0.3) is 0 Å². The largest absolute Gasteiger partial charge is 0.464 e. The topological polar surface area (TPSA) is 25.2 Å². The minimum atomic E-state index is 0.498. The van der Waals surface area contributed by atoms with Gasteiger partial charge in [0.1, 0.15) is 11.5 Å². The molecule has 1 aromatic rings. The van der Waals surface area contributed by atoms with Crippen LogP contribution in [-0.4, -0.2) is 6.54 Å². The first-order valence-electron chi connectivity index (χ1n) is 6.20. The van der Waals surface area contributed by atoms with Crippen molar-refractivity contribution in [1.82, 2.24) is 5.32 Å². The lowest BCUT2D eigenvalue weighted by Crippen LogP contribution is -2.16. The maximum absolute atomic E-state index is 5.86. The Morgan fingerprint density at radius 2 is 2.33 bits per heavy atom. The molecule has 2 nitrogen and oxygen atoms in total. The minimum Gasteiger partial charge on any atom is -0.464 e. The Kier molecular flexibility index (Phi) is 2.32. The molecule has 0 amide bonds. The molecule has 2 fully saturated rings. The molecule has 0 aromatic carbocycles. The molecule has 0 bridgehead atoms. The fourth-order valence-corrected chi connectivity index (χ4v) is 3.25. The van der Waals surface area contributed by atoms with E-state index in [1.54, 1.807) is 0 Å². The molecule has 2 aliphatic rings. The highest BCUT2D eigenvalue weighted by molar-refractivity contribution is 5.14. The Bertz CT molecular complexity index is 344. The quantitative estimate of drug-likeness (QED) is 0.803. The van der Waals surface area contributed by atoms with E-state index in [1.165, 1.54) is 31.6 Å². The average molecular weight is 205 g/mol. The van der Waals surface area contributed by atoms with E-state index in [0.29, 0.717) is 6.04 Å². The van der Waals surface area contributed by atoms with Gasteiger partial charge in [0.05, 0.1) is 6.04 Å². The van der Waals surface area contributed by atoms with Crippen LogP contribution >= 0.6 is 0 Å². The van der Waals surface area contributed by atoms with Crippen molar-refractivity contribution in [2.75, 3.05) is 6.54 Å². The molecule has 1 saturated carbocycles. The number of fused-ring (bicyclic) bond motifs is 1. The fraction of sp³-hybridized carbons (Fsp3) is 0.692. The molecule has 3 unspecified atom stereocenters. The molecule has 0 radical (unpaired) electrons. The van der Waals surface area contributed by atoms with E-state index in [2.05, 4.69) is 24.4 Å². The smallest absolute Gasteiger partial charge is 0.121 e. The first kappa shape index (κ1) is 9.46. The van der Waals surface area contributed by atoms with Gasteiger partial charge in [-0.3, -0.25) is 0 Å². The number of nitrogens with one attached hydrogen (secondary N) is 1. The van der Waals surface area contributed by atoms with Gasteiger partial charge in [0.15, 0.2) is 0 Å². The van der Waals surface area contributed by atoms with Crippen LogP contribution in [0, 0.1) is 11.8 Å². The zero-order chi connectivity index (χ0) is 10.3. The summed E-state index contributed by atoms with van der Waals surface area (Å²) in [6.07, 6.45) is 5.20. The van der Waals surface area contributed by atoms with E-state index in [-0.39, 0.29) is 0 Å². The lowest BCUT2D eigenvalue weighted by molar-refractivity contribution is 0.348. The predicted molar refractivity (Wildman–Crippen MR) is 59.7 cm³/mol. The van der Waals surface area contributed by atoms with Gasteiger partial charge in [-0.05, 0) is 43.4 Å². The number of aryl methyl sites for hydroxylation is 1. The summed E-state index contributed by atoms with van der Waals surface area (Å²) in [7, 11) is 0. The fourth-order valence-electron chi connectivity index (χ4n) is 3.25. The maximum Gasteiger partial charge on any atom is 0.121 e. The Morgan fingerprint density at radius 3 is 3.13 bits per heavy atom. The molecule has 1 aliphatic heterocycles. The highest BCUT2D eigenvalue weighted by atomic mass is 16.3. The van der Waals surface area contributed by atoms with Gasteiger partial charge in [0, 0.05) is 6.42 Å². The van der Waals surface area contributed by atoms with Crippen molar-refractivity contribution < 1.29 is 4.42 Å². The summed E-state index contributed by atoms with van der Waals surface area (Å²) in [6, 6.07) is 4.79. The second-order valence-electron chi connectivity index (χ2n) is 4.90. The van der Waals surface area contributed by atoms with Gasteiger partial charge in [-0.2, -0.15) is 0 Å². The molecule has 15 heavy (non-hydrogen) atoms. The SMILES string of the molecule is CCc1ccc(C2NCC3CCCC32)o1. The zero-order valence-corrected chi connectivity index (χ0v) is 9.33. The summed E-state index contributed by atoms with van der Waals surface area (Å²) in [4.78, 5) is 0. The van der Waals surface area contributed by atoms with Gasteiger partial charge in [0.25, 0.3) is 0 Å². The Balaban J connectivity index is 1.81. The number of hydrogen-bond acceptors (Lipinski definition) is 2. The third-order valence-electron chi connectivity index (χ3n) is 4.08. The van der Waals surface area contributed by atoms with Crippen molar-refractivity contribution in [3.8, 4) is 0 Å². The summed E-state index contributed by atoms with van der Waals surface area (Å²) in [5, 5.41) is 3.62. The Morgan fingerprint density at radius 1 is 1.40 bits per heavy atom. The Labute approximate surface area is 91.0 Å². The van der Waals surface area contributed by atoms with Crippen molar-refractivity contribution in [3.63, 3.8) is 0 Å². The summed E-state index contributed by atoms with van der Waals surface area (Å²) < 4.78 is 5.86. The predicted octanol–water partition coefficient (Wildman–Crippen LogP) is 2.90. The molecule has 1 saturated heterocycles. The first-order chi connectivity index (χ1) is 7.38. The van der Waals surface area contributed by atoms with E-state index in [9.17, 15) is 0 Å². The van der Waals surface area contributed by atoms with E-state index < -0.39 is 0 Å². The number of furan rings is 1. The molecular weight excluding hydrogens is 186 g/mol. The summed E-state index contributed by atoms with van der Waals surface area (Å²) >= 11 is 0. The molecule has 2 heteroatoms. The van der Waals surface area contributed by atoms with Crippen LogP contribution in [0.15, 0.2) is 16.5 Å². The van der Waals surface area contributed by atoms with Crippen LogP contribution in [0.1, 0.15) is 43.7 Å². The lowest BCUT2D eigenvalue weighted by Gasteiger charge is -2.15. The molecule has 1 aliphatic carbocycles. The molecule has 82 valence electrons. The number of hydrogen-bond donors (Lipinski definition) is 1. The normalized spacial score (nSPS) is 34.6. The second kappa shape index (κ2) is 3.67. The number of rotatable bonds is 2. The van der Waals surface area contributed by atoms with Crippen LogP contribution in [0.5, 0.6) is 0 Å². The second-order valence-corrected chi connectivity index (χ2v) is 4.90. The summed E-state index contributed by atoms with van der Waals surface area (Å²) in [5.41, 5.74) is 0. The molecule has 3 rings (SSSR count). The first-order valence-corrected chi connectivity index (χ1v) is 6.20. The van der Waals surface area contributed by atoms with Gasteiger partial charge in [-0.1, -0.05) is 13.3 Å². The monoisotopic (exact) mass is 205 g/mol. The standard InChI is InChI=1S/C13H19NO/c1-2-10-6-7-12(15-10)13-11-5-3-4-9(11)8-14-13/h6-7,9,11,13-14H,2-5,8H2,1H3. The average Bonchev–Trinajstić information content (AvgIpc) is 2.92. The van der Waals surface area contributed by atoms with Gasteiger partial charge in [0.2, 0.25) is 0 Å². The maximum atomic E-state index is 5.86. The third kappa shape index (κ3) is 1.51. The van der Waals surface area contributed by atoms with E-state index in [4.69, 9.17) is 4.42 Å². The molecule has 0 spiro atoms. The molecule has 3 atom stereocenters. The molecule has 1 N–H and O–H groups in total. The highest BCUT2D eigenvalue weighted by Crippen LogP contribution is 2.44. The van der Waals surface area contributed by atoms with Crippen LogP contribution in [-0.2, 0) is 6.42 Å². The van der Waals surface area contributed by atoms with Gasteiger partial charge in [-0.15, -0.1) is 0 Å². The van der Waals surface area contributed by atoms with Crippen LogP contribution < -0.4 is 5.32 Å².